The second kappa shape index (κ2) is 8.42. The smallest absolute Gasteiger partial charge is 0.242 e. The first-order valence-corrected chi connectivity index (χ1v) is 8.44. The highest BCUT2D eigenvalue weighted by molar-refractivity contribution is 9.10. The van der Waals surface area contributed by atoms with Crippen molar-refractivity contribution in [1.29, 1.82) is 0 Å². The van der Waals surface area contributed by atoms with Crippen LogP contribution in [0.25, 0.3) is 0 Å². The lowest BCUT2D eigenvalue weighted by atomic mass is 10.0. The van der Waals surface area contributed by atoms with Gasteiger partial charge >= 0.3 is 0 Å². The number of halogens is 1. The van der Waals surface area contributed by atoms with Crippen LogP contribution in [-0.4, -0.2) is 25.5 Å². The van der Waals surface area contributed by atoms with E-state index in [1.54, 1.807) is 0 Å². The molecular formula is C17H27BrN2O. The molecule has 0 fully saturated rings. The summed E-state index contributed by atoms with van der Waals surface area (Å²) < 4.78 is 1.07. The number of carbonyl (C=O) groups excluding carboxylic acids is 1. The number of aryl methyl sites for hydroxylation is 1. The Hall–Kier alpha value is -1.03. The van der Waals surface area contributed by atoms with E-state index in [-0.39, 0.29) is 17.9 Å². The number of nitrogens with one attached hydrogen (secondary N) is 1. The summed E-state index contributed by atoms with van der Waals surface area (Å²) in [6, 6.07) is 6.05. The van der Waals surface area contributed by atoms with E-state index >= 15 is 0 Å². The van der Waals surface area contributed by atoms with E-state index in [1.165, 1.54) is 5.56 Å². The van der Waals surface area contributed by atoms with E-state index in [9.17, 15) is 4.79 Å². The lowest BCUT2D eigenvalue weighted by Gasteiger charge is -2.32. The van der Waals surface area contributed by atoms with E-state index in [1.807, 2.05) is 7.05 Å². The summed E-state index contributed by atoms with van der Waals surface area (Å²) >= 11 is 3.56. The number of anilines is 1. The molecule has 1 aromatic rings. The van der Waals surface area contributed by atoms with Gasteiger partial charge in [0.25, 0.3) is 0 Å². The summed E-state index contributed by atoms with van der Waals surface area (Å²) in [5.74, 6) is 0.356. The van der Waals surface area contributed by atoms with E-state index in [0.717, 1.165) is 29.5 Å². The van der Waals surface area contributed by atoms with Crippen LogP contribution in [0.3, 0.4) is 0 Å². The molecule has 3 nitrogen and oxygen atoms in total. The van der Waals surface area contributed by atoms with Crippen molar-refractivity contribution < 1.29 is 4.79 Å². The van der Waals surface area contributed by atoms with Gasteiger partial charge in [-0.25, -0.2) is 0 Å². The molecule has 0 bridgehead atoms. The molecule has 0 saturated heterocycles. The van der Waals surface area contributed by atoms with Crippen molar-refractivity contribution in [3.63, 3.8) is 0 Å². The van der Waals surface area contributed by atoms with Crippen LogP contribution in [0.2, 0.25) is 0 Å². The normalized spacial score (nSPS) is 12.3. The minimum absolute atomic E-state index is 0.109. The maximum atomic E-state index is 12.5. The topological polar surface area (TPSA) is 32.3 Å². The molecule has 21 heavy (non-hydrogen) atoms. The summed E-state index contributed by atoms with van der Waals surface area (Å²) in [7, 11) is 1.99. The molecular weight excluding hydrogens is 328 g/mol. The first-order chi connectivity index (χ1) is 9.88. The number of unbranched alkanes of at least 4 members (excludes halogenated alkanes) is 1. The molecule has 1 N–H and O–H groups in total. The van der Waals surface area contributed by atoms with Crippen molar-refractivity contribution in [3.8, 4) is 0 Å². The van der Waals surface area contributed by atoms with Gasteiger partial charge in [-0.15, -0.1) is 0 Å². The van der Waals surface area contributed by atoms with Crippen molar-refractivity contribution in [2.24, 2.45) is 5.92 Å². The molecule has 0 spiro atoms. The number of rotatable bonds is 7. The van der Waals surface area contributed by atoms with Crippen molar-refractivity contribution in [2.45, 2.75) is 46.6 Å². The Morgan fingerprint density at radius 3 is 2.57 bits per heavy atom. The highest BCUT2D eigenvalue weighted by Crippen LogP contribution is 2.25. The first-order valence-electron chi connectivity index (χ1n) is 7.65. The molecule has 1 amide bonds. The third kappa shape index (κ3) is 5.03. The van der Waals surface area contributed by atoms with E-state index in [2.05, 4.69) is 72.0 Å². The quantitative estimate of drug-likeness (QED) is 0.746. The lowest BCUT2D eigenvalue weighted by Crippen LogP contribution is -2.48. The third-order valence-electron chi connectivity index (χ3n) is 3.71. The molecule has 4 heteroatoms. The zero-order valence-electron chi connectivity index (χ0n) is 13.7. The average molecular weight is 355 g/mol. The molecule has 0 aliphatic carbocycles. The van der Waals surface area contributed by atoms with Crippen LogP contribution in [0.15, 0.2) is 22.7 Å². The second-order valence-electron chi connectivity index (χ2n) is 5.88. The number of benzene rings is 1. The van der Waals surface area contributed by atoms with Crippen LogP contribution in [-0.2, 0) is 4.79 Å². The summed E-state index contributed by atoms with van der Waals surface area (Å²) in [6.07, 6.45) is 2.11. The number of carbonyl (C=O) groups is 1. The van der Waals surface area contributed by atoms with Gasteiger partial charge in [-0.05, 0) is 37.0 Å². The Labute approximate surface area is 137 Å². The predicted octanol–water partition coefficient (Wildman–Crippen LogP) is 4.13. The molecule has 0 aliphatic rings. The van der Waals surface area contributed by atoms with Gasteiger partial charge in [0, 0.05) is 23.8 Å². The molecule has 1 unspecified atom stereocenters. The standard InChI is InChI=1S/C17H27BrN2O/c1-6-7-10-19-17(21)16(12(2)3)20(5)14-9-8-13(4)15(18)11-14/h8-9,11-12,16H,6-7,10H2,1-5H3,(H,19,21). The summed E-state index contributed by atoms with van der Waals surface area (Å²) in [5, 5.41) is 3.05. The Kier molecular flexibility index (Phi) is 7.23. The van der Waals surface area contributed by atoms with Crippen LogP contribution in [0.5, 0.6) is 0 Å². The van der Waals surface area contributed by atoms with Crippen LogP contribution >= 0.6 is 15.9 Å². The number of hydrogen-bond donors (Lipinski definition) is 1. The van der Waals surface area contributed by atoms with Crippen molar-refractivity contribution in [3.05, 3.63) is 28.2 Å². The number of hydrogen-bond acceptors (Lipinski definition) is 2. The van der Waals surface area contributed by atoms with Gasteiger partial charge in [0.15, 0.2) is 0 Å². The molecule has 0 saturated carbocycles. The minimum atomic E-state index is -0.156. The molecule has 1 rings (SSSR count). The predicted molar refractivity (Wildman–Crippen MR) is 93.8 cm³/mol. The molecule has 118 valence electrons. The third-order valence-corrected chi connectivity index (χ3v) is 4.56. The van der Waals surface area contributed by atoms with Crippen molar-refractivity contribution in [1.82, 2.24) is 5.32 Å². The zero-order valence-corrected chi connectivity index (χ0v) is 15.3. The monoisotopic (exact) mass is 354 g/mol. The maximum absolute atomic E-state index is 12.5. The molecule has 0 heterocycles. The Bertz CT molecular complexity index is 474. The van der Waals surface area contributed by atoms with Gasteiger partial charge in [0.05, 0.1) is 0 Å². The van der Waals surface area contributed by atoms with Gasteiger partial charge in [-0.1, -0.05) is 49.2 Å². The van der Waals surface area contributed by atoms with Gasteiger partial charge < -0.3 is 10.2 Å². The summed E-state index contributed by atoms with van der Waals surface area (Å²) in [5.41, 5.74) is 2.25. The second-order valence-corrected chi connectivity index (χ2v) is 6.73. The van der Waals surface area contributed by atoms with Gasteiger partial charge in [-0.2, -0.15) is 0 Å². The van der Waals surface area contributed by atoms with Crippen molar-refractivity contribution >= 4 is 27.5 Å². The van der Waals surface area contributed by atoms with Crippen molar-refractivity contribution in [2.75, 3.05) is 18.5 Å². The fourth-order valence-corrected chi connectivity index (χ4v) is 2.75. The highest BCUT2D eigenvalue weighted by Gasteiger charge is 2.26. The van der Waals surface area contributed by atoms with E-state index in [0.29, 0.717) is 0 Å². The van der Waals surface area contributed by atoms with Crippen LogP contribution in [0.1, 0.15) is 39.2 Å². The Morgan fingerprint density at radius 2 is 2.05 bits per heavy atom. The van der Waals surface area contributed by atoms with Gasteiger partial charge in [0.2, 0.25) is 5.91 Å². The Morgan fingerprint density at radius 1 is 1.38 bits per heavy atom. The highest BCUT2D eigenvalue weighted by atomic mass is 79.9. The minimum Gasteiger partial charge on any atom is -0.362 e. The number of nitrogens with zero attached hydrogens (tertiary/aromatic N) is 1. The molecule has 1 aromatic carbocycles. The average Bonchev–Trinajstić information content (AvgIpc) is 2.41. The van der Waals surface area contributed by atoms with Crippen LogP contribution < -0.4 is 10.2 Å². The van der Waals surface area contributed by atoms with E-state index in [4.69, 9.17) is 0 Å². The molecule has 0 aliphatic heterocycles. The SMILES string of the molecule is CCCCNC(=O)C(C(C)C)N(C)c1ccc(C)c(Br)c1. The Balaban J connectivity index is 2.88. The van der Waals surface area contributed by atoms with Gasteiger partial charge in [-0.3, -0.25) is 4.79 Å². The summed E-state index contributed by atoms with van der Waals surface area (Å²) in [6.45, 7) is 9.12. The fourth-order valence-electron chi connectivity index (χ4n) is 2.38. The largest absolute Gasteiger partial charge is 0.362 e. The molecule has 0 aromatic heterocycles. The lowest BCUT2D eigenvalue weighted by molar-refractivity contribution is -0.123. The number of likely N-dealkylation sites (N-methyl/N-ethyl adjacent to an activating group) is 1. The fraction of sp³-hybridized carbons (Fsp3) is 0.588. The maximum Gasteiger partial charge on any atom is 0.242 e. The van der Waals surface area contributed by atoms with Gasteiger partial charge in [0.1, 0.15) is 6.04 Å². The van der Waals surface area contributed by atoms with E-state index < -0.39 is 0 Å². The molecule has 1 atom stereocenters. The molecule has 0 radical (unpaired) electrons. The summed E-state index contributed by atoms with van der Waals surface area (Å²) in [4.78, 5) is 14.5. The van der Waals surface area contributed by atoms with Crippen LogP contribution in [0, 0.1) is 12.8 Å². The first kappa shape index (κ1) is 18.0. The van der Waals surface area contributed by atoms with Crippen LogP contribution in [0.4, 0.5) is 5.69 Å². The number of amides is 1. The zero-order chi connectivity index (χ0) is 16.0.